The Morgan fingerprint density at radius 3 is 1.59 bits per heavy atom. The van der Waals surface area contributed by atoms with Gasteiger partial charge in [-0.05, 0) is 12.1 Å². The van der Waals surface area contributed by atoms with E-state index in [0.29, 0.717) is 0 Å². The lowest BCUT2D eigenvalue weighted by Crippen LogP contribution is -2.13. The van der Waals surface area contributed by atoms with E-state index in [-0.39, 0.29) is 22.9 Å². The van der Waals surface area contributed by atoms with Crippen molar-refractivity contribution >= 4 is 17.5 Å². The van der Waals surface area contributed by atoms with Crippen molar-refractivity contribution in [2.45, 2.75) is 0 Å². The molecule has 0 aliphatic carbocycles. The molecule has 9 nitrogen and oxygen atoms in total. The van der Waals surface area contributed by atoms with Crippen molar-refractivity contribution in [1.29, 1.82) is 0 Å². The number of non-ortho nitro benzene ring substituents is 2. The van der Waals surface area contributed by atoms with E-state index in [4.69, 9.17) is 9.47 Å². The van der Waals surface area contributed by atoms with Gasteiger partial charge in [0.15, 0.2) is 0 Å². The van der Waals surface area contributed by atoms with Crippen molar-refractivity contribution in [2.24, 2.45) is 0 Å². The summed E-state index contributed by atoms with van der Waals surface area (Å²) < 4.78 is 9.55. The van der Waals surface area contributed by atoms with E-state index in [1.54, 1.807) is 0 Å². The number of ether oxygens (including phenoxy) is 2. The van der Waals surface area contributed by atoms with Gasteiger partial charge in [0.05, 0.1) is 22.0 Å². The number of hydrogen-bond donors (Lipinski definition) is 0. The van der Waals surface area contributed by atoms with Gasteiger partial charge in [-0.15, -0.1) is 0 Å². The van der Waals surface area contributed by atoms with Gasteiger partial charge in [-0.2, -0.15) is 0 Å². The van der Waals surface area contributed by atoms with Crippen molar-refractivity contribution in [2.75, 3.05) is 0 Å². The molecule has 9 heteroatoms. The van der Waals surface area contributed by atoms with Crippen LogP contribution in [0.2, 0.25) is 0 Å². The van der Waals surface area contributed by atoms with Crippen molar-refractivity contribution in [3.63, 3.8) is 0 Å². The summed E-state index contributed by atoms with van der Waals surface area (Å²) in [5, 5.41) is 21.2. The van der Waals surface area contributed by atoms with Crippen LogP contribution in [-0.4, -0.2) is 16.0 Å². The van der Waals surface area contributed by atoms with Gasteiger partial charge in [-0.3, -0.25) is 20.2 Å². The van der Waals surface area contributed by atoms with Crippen molar-refractivity contribution in [1.82, 2.24) is 0 Å². The third-order valence-corrected chi connectivity index (χ3v) is 2.46. The zero-order valence-electron chi connectivity index (χ0n) is 10.9. The van der Waals surface area contributed by atoms with Gasteiger partial charge >= 0.3 is 6.16 Å². The monoisotopic (exact) mass is 304 g/mol. The van der Waals surface area contributed by atoms with Gasteiger partial charge in [0, 0.05) is 12.1 Å². The van der Waals surface area contributed by atoms with Gasteiger partial charge < -0.3 is 9.47 Å². The van der Waals surface area contributed by atoms with Gasteiger partial charge in [0.1, 0.15) is 11.5 Å². The Hall–Kier alpha value is -3.49. The van der Waals surface area contributed by atoms with Crippen LogP contribution in [0.3, 0.4) is 0 Å². The number of benzene rings is 2. The van der Waals surface area contributed by atoms with Gasteiger partial charge in [0.2, 0.25) is 0 Å². The predicted molar refractivity (Wildman–Crippen MR) is 72.8 cm³/mol. The Morgan fingerprint density at radius 1 is 0.818 bits per heavy atom. The fourth-order valence-corrected chi connectivity index (χ4v) is 1.53. The molecule has 0 aliphatic heterocycles. The highest BCUT2D eigenvalue weighted by Gasteiger charge is 2.13. The smallest absolute Gasteiger partial charge is 0.394 e. The molecular formula is C13H8N2O7. The first-order valence-corrected chi connectivity index (χ1v) is 5.84. The molecule has 0 N–H and O–H groups in total. The van der Waals surface area contributed by atoms with Crippen LogP contribution < -0.4 is 9.47 Å². The fraction of sp³-hybridized carbons (Fsp3) is 0. The molecular weight excluding hydrogens is 296 g/mol. The Balaban J connectivity index is 2.07. The number of rotatable bonds is 4. The SMILES string of the molecule is O=C(Oc1cccc([N+](=O)[O-])c1)Oc1cccc([N+](=O)[O-])c1. The zero-order chi connectivity index (χ0) is 16.1. The van der Waals surface area contributed by atoms with Crippen LogP contribution >= 0.6 is 0 Å². The van der Waals surface area contributed by atoms with E-state index in [1.165, 1.54) is 36.4 Å². The minimum Gasteiger partial charge on any atom is -0.394 e. The second kappa shape index (κ2) is 6.31. The summed E-state index contributed by atoms with van der Waals surface area (Å²) in [5.74, 6) is -0.158. The molecule has 0 saturated heterocycles. The molecule has 2 rings (SSSR count). The minimum absolute atomic E-state index is 0.0790. The number of nitro groups is 2. The minimum atomic E-state index is -1.17. The van der Waals surface area contributed by atoms with Crippen molar-refractivity contribution in [3.8, 4) is 11.5 Å². The largest absolute Gasteiger partial charge is 0.519 e. The van der Waals surface area contributed by atoms with Crippen LogP contribution in [0.5, 0.6) is 11.5 Å². The standard InChI is InChI=1S/C13H8N2O7/c16-13(21-11-5-1-3-9(7-11)14(17)18)22-12-6-2-4-10(8-12)15(19)20/h1-8H. The number of nitro benzene ring substituents is 2. The van der Waals surface area contributed by atoms with E-state index in [9.17, 15) is 25.0 Å². The molecule has 0 amide bonds. The highest BCUT2D eigenvalue weighted by Crippen LogP contribution is 2.22. The average molecular weight is 304 g/mol. The molecule has 22 heavy (non-hydrogen) atoms. The molecule has 0 saturated carbocycles. The van der Waals surface area contributed by atoms with Crippen LogP contribution in [0.1, 0.15) is 0 Å². The summed E-state index contributed by atoms with van der Waals surface area (Å²) in [4.78, 5) is 31.5. The predicted octanol–water partition coefficient (Wildman–Crippen LogP) is 3.08. The van der Waals surface area contributed by atoms with E-state index in [2.05, 4.69) is 0 Å². The first-order valence-electron chi connectivity index (χ1n) is 5.84. The molecule has 0 heterocycles. The summed E-state index contributed by atoms with van der Waals surface area (Å²) >= 11 is 0. The third-order valence-electron chi connectivity index (χ3n) is 2.46. The lowest BCUT2D eigenvalue weighted by molar-refractivity contribution is -0.385. The summed E-state index contributed by atoms with van der Waals surface area (Å²) in [6.45, 7) is 0. The van der Waals surface area contributed by atoms with Gasteiger partial charge in [-0.1, -0.05) is 12.1 Å². The first kappa shape index (κ1) is 14.9. The van der Waals surface area contributed by atoms with Crippen LogP contribution in [0.15, 0.2) is 48.5 Å². The maximum absolute atomic E-state index is 11.6. The van der Waals surface area contributed by atoms with Gasteiger partial charge in [-0.25, -0.2) is 4.79 Å². The number of carbonyl (C=O) groups excluding carboxylic acids is 1. The van der Waals surface area contributed by atoms with Crippen molar-refractivity contribution < 1.29 is 24.1 Å². The molecule has 0 unspecified atom stereocenters. The number of nitrogens with zero attached hydrogens (tertiary/aromatic N) is 2. The van der Waals surface area contributed by atoms with Crippen LogP contribution in [0, 0.1) is 20.2 Å². The maximum atomic E-state index is 11.6. The molecule has 2 aromatic rings. The molecule has 0 aliphatic rings. The van der Waals surface area contributed by atoms with E-state index in [0.717, 1.165) is 12.1 Å². The summed E-state index contributed by atoms with van der Waals surface area (Å²) in [6.07, 6.45) is -1.17. The second-order valence-electron chi connectivity index (χ2n) is 3.96. The van der Waals surface area contributed by atoms with Crippen LogP contribution in [0.25, 0.3) is 0 Å². The Labute approximate surface area is 123 Å². The van der Waals surface area contributed by atoms with Crippen LogP contribution in [0.4, 0.5) is 16.2 Å². The maximum Gasteiger partial charge on any atom is 0.519 e. The summed E-state index contributed by atoms with van der Waals surface area (Å²) in [6, 6.07) is 9.92. The molecule has 2 aromatic carbocycles. The molecule has 0 bridgehead atoms. The Morgan fingerprint density at radius 2 is 1.23 bits per heavy atom. The lowest BCUT2D eigenvalue weighted by Gasteiger charge is -2.05. The Kier molecular flexibility index (Phi) is 4.27. The first-order chi connectivity index (χ1) is 10.5. The molecule has 0 aromatic heterocycles. The number of carbonyl (C=O) groups is 1. The average Bonchev–Trinajstić information content (AvgIpc) is 2.47. The second-order valence-corrected chi connectivity index (χ2v) is 3.96. The van der Waals surface area contributed by atoms with Crippen molar-refractivity contribution in [3.05, 3.63) is 68.8 Å². The highest BCUT2D eigenvalue weighted by molar-refractivity contribution is 5.67. The molecule has 112 valence electrons. The highest BCUT2D eigenvalue weighted by atomic mass is 16.7. The summed E-state index contributed by atoms with van der Waals surface area (Å²) in [5.41, 5.74) is -0.499. The molecule has 0 fully saturated rings. The normalized spacial score (nSPS) is 9.82. The summed E-state index contributed by atoms with van der Waals surface area (Å²) in [7, 11) is 0. The Bertz CT molecular complexity index is 683. The quantitative estimate of drug-likeness (QED) is 0.368. The zero-order valence-corrected chi connectivity index (χ0v) is 10.9. The lowest BCUT2D eigenvalue weighted by atomic mass is 10.3. The van der Waals surface area contributed by atoms with E-state index in [1.807, 2.05) is 0 Å². The molecule has 0 atom stereocenters. The topological polar surface area (TPSA) is 122 Å². The fourth-order valence-electron chi connectivity index (χ4n) is 1.53. The van der Waals surface area contributed by atoms with E-state index < -0.39 is 16.0 Å². The molecule has 0 radical (unpaired) electrons. The third kappa shape index (κ3) is 3.76. The van der Waals surface area contributed by atoms with Crippen LogP contribution in [-0.2, 0) is 0 Å². The van der Waals surface area contributed by atoms with E-state index >= 15 is 0 Å². The molecule has 0 spiro atoms. The van der Waals surface area contributed by atoms with Gasteiger partial charge in [0.25, 0.3) is 11.4 Å². The number of hydrogen-bond acceptors (Lipinski definition) is 7.